The number of hydrogen-bond donors (Lipinski definition) is 2. The van der Waals surface area contributed by atoms with Gasteiger partial charge in [-0.3, -0.25) is 9.59 Å². The van der Waals surface area contributed by atoms with Crippen molar-refractivity contribution in [2.24, 2.45) is 10.2 Å². The number of H-pyrrole nitrogens is 1. The predicted molar refractivity (Wildman–Crippen MR) is 106 cm³/mol. The summed E-state index contributed by atoms with van der Waals surface area (Å²) in [7, 11) is 0. The van der Waals surface area contributed by atoms with E-state index < -0.39 is 5.91 Å². The first kappa shape index (κ1) is 17.9. The lowest BCUT2D eigenvalue weighted by Crippen LogP contribution is -2.35. The van der Waals surface area contributed by atoms with E-state index in [4.69, 9.17) is 0 Å². The second kappa shape index (κ2) is 7.64. The molecule has 3 aromatic rings. The van der Waals surface area contributed by atoms with E-state index >= 15 is 0 Å². The molecule has 0 bridgehead atoms. The molecule has 0 saturated heterocycles. The molecule has 28 heavy (non-hydrogen) atoms. The van der Waals surface area contributed by atoms with Crippen molar-refractivity contribution >= 4 is 34.1 Å². The van der Waals surface area contributed by atoms with Gasteiger partial charge in [0.05, 0.1) is 5.52 Å². The molecular formula is C21H20N4O3. The van der Waals surface area contributed by atoms with Crippen LogP contribution in [-0.4, -0.2) is 28.4 Å². The molecule has 0 fully saturated rings. The maximum atomic E-state index is 12.6. The highest BCUT2D eigenvalue weighted by atomic mass is 16.3. The molecule has 4 rings (SSSR count). The number of nitrogens with one attached hydrogen (secondary N) is 1. The van der Waals surface area contributed by atoms with Crippen LogP contribution in [0.2, 0.25) is 0 Å². The Labute approximate surface area is 161 Å². The summed E-state index contributed by atoms with van der Waals surface area (Å²) < 4.78 is 0. The second-order valence-corrected chi connectivity index (χ2v) is 6.74. The van der Waals surface area contributed by atoms with E-state index in [1.807, 2.05) is 36.4 Å². The lowest BCUT2D eigenvalue weighted by Gasteiger charge is -2.29. The average molecular weight is 376 g/mol. The highest BCUT2D eigenvalue weighted by molar-refractivity contribution is 5.97. The van der Waals surface area contributed by atoms with Crippen molar-refractivity contribution in [3.05, 3.63) is 54.1 Å². The molecular weight excluding hydrogens is 356 g/mol. The molecule has 0 spiro atoms. The molecule has 2 aromatic carbocycles. The normalized spacial score (nSPS) is 13.8. The molecule has 2 N–H and O–H groups in total. The van der Waals surface area contributed by atoms with E-state index in [1.54, 1.807) is 17.0 Å². The zero-order chi connectivity index (χ0) is 19.5. The molecule has 0 atom stereocenters. The summed E-state index contributed by atoms with van der Waals surface area (Å²) in [6.07, 6.45) is 1.92. The van der Waals surface area contributed by atoms with Crippen molar-refractivity contribution in [3.8, 4) is 5.88 Å². The molecule has 0 radical (unpaired) electrons. The number of azo groups is 1. The van der Waals surface area contributed by atoms with Gasteiger partial charge in [-0.1, -0.05) is 36.4 Å². The highest BCUT2D eigenvalue weighted by Crippen LogP contribution is 2.35. The van der Waals surface area contributed by atoms with Crippen molar-refractivity contribution < 1.29 is 14.7 Å². The number of hydrogen-bond acceptors (Lipinski definition) is 4. The third kappa shape index (κ3) is 3.51. The fraction of sp³-hybridized carbons (Fsp3) is 0.238. The quantitative estimate of drug-likeness (QED) is 0.666. The minimum Gasteiger partial charge on any atom is -0.493 e. The number of carbonyl (C=O) groups excluding carboxylic acids is 2. The summed E-state index contributed by atoms with van der Waals surface area (Å²) in [5.74, 6) is -0.729. The van der Waals surface area contributed by atoms with Crippen LogP contribution in [0, 0.1) is 0 Å². The summed E-state index contributed by atoms with van der Waals surface area (Å²) in [6, 6.07) is 15.1. The summed E-state index contributed by atoms with van der Waals surface area (Å²) in [4.78, 5) is 29.2. The van der Waals surface area contributed by atoms with Crippen molar-refractivity contribution in [3.63, 3.8) is 0 Å². The van der Waals surface area contributed by atoms with Crippen molar-refractivity contribution in [2.75, 3.05) is 11.4 Å². The first-order valence-corrected chi connectivity index (χ1v) is 9.26. The van der Waals surface area contributed by atoms with Crippen LogP contribution >= 0.6 is 0 Å². The van der Waals surface area contributed by atoms with Crippen LogP contribution in [0.25, 0.3) is 10.9 Å². The Bertz CT molecular complexity index is 1070. The van der Waals surface area contributed by atoms with Gasteiger partial charge in [-0.25, -0.2) is 0 Å². The Hall–Kier alpha value is -3.48. The number of aryl methyl sites for hydroxylation is 1. The second-order valence-electron chi connectivity index (χ2n) is 6.74. The number of carbonyl (C=O) groups is 2. The minimum atomic E-state index is -0.497. The lowest BCUT2D eigenvalue weighted by atomic mass is 10.0. The molecule has 1 aliphatic rings. The molecule has 0 aliphatic carbocycles. The number of aromatic hydroxyl groups is 1. The maximum absolute atomic E-state index is 12.6. The van der Waals surface area contributed by atoms with Crippen LogP contribution in [-0.2, 0) is 16.0 Å². The molecule has 0 saturated carbocycles. The Balaban J connectivity index is 1.40. The highest BCUT2D eigenvalue weighted by Gasteiger charge is 2.22. The maximum Gasteiger partial charge on any atom is 0.265 e. The molecule has 0 unspecified atom stereocenters. The Kier molecular flexibility index (Phi) is 4.89. The number of anilines is 1. The fourth-order valence-corrected chi connectivity index (χ4v) is 3.51. The molecule has 2 heterocycles. The summed E-state index contributed by atoms with van der Waals surface area (Å²) >= 11 is 0. The Morgan fingerprint density at radius 3 is 2.75 bits per heavy atom. The van der Waals surface area contributed by atoms with Crippen LogP contribution < -0.4 is 4.90 Å². The minimum absolute atomic E-state index is 0.0237. The van der Waals surface area contributed by atoms with E-state index in [1.165, 1.54) is 0 Å². The summed E-state index contributed by atoms with van der Waals surface area (Å²) in [5.41, 5.74) is 3.01. The molecule has 7 heteroatoms. The van der Waals surface area contributed by atoms with Crippen molar-refractivity contribution in [1.29, 1.82) is 0 Å². The van der Waals surface area contributed by atoms with Gasteiger partial charge in [-0.15, -0.1) is 10.2 Å². The van der Waals surface area contributed by atoms with Gasteiger partial charge in [0.2, 0.25) is 11.8 Å². The lowest BCUT2D eigenvalue weighted by molar-refractivity contribution is -0.123. The molecule has 7 nitrogen and oxygen atoms in total. The van der Waals surface area contributed by atoms with Crippen LogP contribution in [0.15, 0.2) is 58.8 Å². The van der Waals surface area contributed by atoms with Gasteiger partial charge < -0.3 is 15.0 Å². The van der Waals surface area contributed by atoms with Gasteiger partial charge in [0.1, 0.15) is 0 Å². The smallest absolute Gasteiger partial charge is 0.265 e. The molecule has 1 aromatic heterocycles. The van der Waals surface area contributed by atoms with E-state index in [0.717, 1.165) is 24.1 Å². The van der Waals surface area contributed by atoms with Crippen molar-refractivity contribution in [1.82, 2.24) is 4.98 Å². The third-order valence-electron chi connectivity index (χ3n) is 4.89. The van der Waals surface area contributed by atoms with Gasteiger partial charge in [-0.05, 0) is 30.5 Å². The number of nitrogens with zero attached hydrogens (tertiary/aromatic N) is 3. The Morgan fingerprint density at radius 1 is 1.07 bits per heavy atom. The third-order valence-corrected chi connectivity index (χ3v) is 4.89. The van der Waals surface area contributed by atoms with E-state index in [2.05, 4.69) is 15.2 Å². The predicted octanol–water partition coefficient (Wildman–Crippen LogP) is 4.24. The van der Waals surface area contributed by atoms with Gasteiger partial charge >= 0.3 is 0 Å². The zero-order valence-corrected chi connectivity index (χ0v) is 15.3. The molecule has 1 aliphatic heterocycles. The SMILES string of the molecule is O=C(CCC(=O)N1CCCc2ccccc21)N=Nc1c(O)[nH]c2ccccc12. The van der Waals surface area contributed by atoms with E-state index in [9.17, 15) is 14.7 Å². The number of benzene rings is 2. The van der Waals surface area contributed by atoms with Crippen LogP contribution in [0.4, 0.5) is 11.4 Å². The number of para-hydroxylation sites is 2. The van der Waals surface area contributed by atoms with Gasteiger partial charge in [0.25, 0.3) is 5.91 Å². The van der Waals surface area contributed by atoms with Gasteiger partial charge in [0, 0.05) is 30.5 Å². The van der Waals surface area contributed by atoms with Crippen molar-refractivity contribution in [2.45, 2.75) is 25.7 Å². The largest absolute Gasteiger partial charge is 0.493 e. The first-order chi connectivity index (χ1) is 13.6. The van der Waals surface area contributed by atoms with Gasteiger partial charge in [0.15, 0.2) is 5.69 Å². The first-order valence-electron chi connectivity index (χ1n) is 9.26. The average Bonchev–Trinajstić information content (AvgIpc) is 3.05. The number of rotatable bonds is 4. The van der Waals surface area contributed by atoms with E-state index in [-0.39, 0.29) is 30.3 Å². The monoisotopic (exact) mass is 376 g/mol. The molecule has 142 valence electrons. The summed E-state index contributed by atoms with van der Waals surface area (Å²) in [5, 5.41) is 18.2. The standard InChI is InChI=1S/C21H20N4O3/c26-18(23-24-20-15-8-2-3-9-16(15)22-21(20)28)11-12-19(27)25-13-5-7-14-6-1-4-10-17(14)25/h1-4,6,8-10,22,28H,5,7,11-13H2. The molecule has 2 amide bonds. The number of fused-ring (bicyclic) bond motifs is 2. The van der Waals surface area contributed by atoms with Crippen LogP contribution in [0.3, 0.4) is 0 Å². The van der Waals surface area contributed by atoms with E-state index in [0.29, 0.717) is 17.4 Å². The number of amides is 2. The fourth-order valence-electron chi connectivity index (χ4n) is 3.51. The summed E-state index contributed by atoms with van der Waals surface area (Å²) in [6.45, 7) is 0.661. The topological polar surface area (TPSA) is 98.1 Å². The number of aromatic nitrogens is 1. The number of aromatic amines is 1. The van der Waals surface area contributed by atoms with Gasteiger partial charge in [-0.2, -0.15) is 0 Å². The Morgan fingerprint density at radius 2 is 1.86 bits per heavy atom. The van der Waals surface area contributed by atoms with Crippen LogP contribution in [0.1, 0.15) is 24.8 Å². The van der Waals surface area contributed by atoms with Crippen LogP contribution in [0.5, 0.6) is 5.88 Å². The zero-order valence-electron chi connectivity index (χ0n) is 15.3.